The van der Waals surface area contributed by atoms with Crippen LogP contribution in [0.5, 0.6) is 0 Å². The van der Waals surface area contributed by atoms with Crippen LogP contribution in [-0.4, -0.2) is 31.7 Å². The highest BCUT2D eigenvalue weighted by molar-refractivity contribution is 7.99. The molecule has 4 aromatic rings. The fraction of sp³-hybridized carbons (Fsp3) is 0.190. The van der Waals surface area contributed by atoms with Gasteiger partial charge in [-0.15, -0.1) is 5.10 Å². The van der Waals surface area contributed by atoms with Crippen molar-refractivity contribution in [3.05, 3.63) is 66.0 Å². The van der Waals surface area contributed by atoms with Crippen LogP contribution in [0.25, 0.3) is 22.2 Å². The second-order valence-electron chi connectivity index (χ2n) is 6.31. The van der Waals surface area contributed by atoms with Crippen molar-refractivity contribution >= 4 is 28.4 Å². The maximum atomic E-state index is 13.1. The summed E-state index contributed by atoms with van der Waals surface area (Å²) in [7, 11) is 0. The highest BCUT2D eigenvalue weighted by atomic mass is 32.2. The van der Waals surface area contributed by atoms with Crippen molar-refractivity contribution in [3.8, 4) is 11.3 Å². The van der Waals surface area contributed by atoms with E-state index in [2.05, 4.69) is 27.1 Å². The first-order chi connectivity index (χ1) is 13.3. The van der Waals surface area contributed by atoms with E-state index >= 15 is 0 Å². The minimum atomic E-state index is 0.0677. The van der Waals surface area contributed by atoms with Gasteiger partial charge in [-0.25, -0.2) is 4.98 Å². The first kappa shape index (κ1) is 17.5. The number of rotatable bonds is 7. The molecule has 0 fully saturated rings. The van der Waals surface area contributed by atoms with Gasteiger partial charge in [0.1, 0.15) is 5.82 Å². The van der Waals surface area contributed by atoms with Gasteiger partial charge in [-0.3, -0.25) is 9.89 Å². The standard InChI is InChI=1S/C21H20N4OS/c1-2-8-18-23-21(25-24-18)27-13-17(26)19-15-11-6-7-12-16(15)22-20(19)14-9-4-3-5-10-14/h3-7,9-12,22H,2,8,13H2,1H3,(H,23,24,25). The number of ketones is 1. The molecule has 2 N–H and O–H groups in total. The van der Waals surface area contributed by atoms with Crippen molar-refractivity contribution in [2.45, 2.75) is 24.9 Å². The molecule has 27 heavy (non-hydrogen) atoms. The number of nitrogens with zero attached hydrogens (tertiary/aromatic N) is 2. The molecule has 0 unspecified atom stereocenters. The highest BCUT2D eigenvalue weighted by Crippen LogP contribution is 2.31. The van der Waals surface area contributed by atoms with E-state index in [1.54, 1.807) is 0 Å². The van der Waals surface area contributed by atoms with E-state index in [9.17, 15) is 4.79 Å². The van der Waals surface area contributed by atoms with Crippen molar-refractivity contribution in [2.75, 3.05) is 5.75 Å². The average molecular weight is 376 g/mol. The topological polar surface area (TPSA) is 74.4 Å². The van der Waals surface area contributed by atoms with Crippen molar-refractivity contribution in [2.24, 2.45) is 0 Å². The third-order valence-corrected chi connectivity index (χ3v) is 5.23. The molecular formula is C21H20N4OS. The van der Waals surface area contributed by atoms with Gasteiger partial charge in [-0.2, -0.15) is 0 Å². The highest BCUT2D eigenvalue weighted by Gasteiger charge is 2.20. The molecule has 4 rings (SSSR count). The Hall–Kier alpha value is -2.86. The lowest BCUT2D eigenvalue weighted by molar-refractivity contribution is 0.102. The van der Waals surface area contributed by atoms with Crippen molar-refractivity contribution < 1.29 is 4.79 Å². The maximum absolute atomic E-state index is 13.1. The summed E-state index contributed by atoms with van der Waals surface area (Å²) in [6.07, 6.45) is 1.87. The molecule has 2 aromatic heterocycles. The fourth-order valence-corrected chi connectivity index (χ4v) is 3.84. The van der Waals surface area contributed by atoms with E-state index in [-0.39, 0.29) is 5.78 Å². The number of H-pyrrole nitrogens is 2. The van der Waals surface area contributed by atoms with Crippen molar-refractivity contribution in [3.63, 3.8) is 0 Å². The SMILES string of the molecule is CCCc1nc(SCC(=O)c2c(-c3ccccc3)[nH]c3ccccc23)n[nH]1. The van der Waals surface area contributed by atoms with Crippen molar-refractivity contribution in [1.29, 1.82) is 0 Å². The number of aryl methyl sites for hydroxylation is 1. The van der Waals surface area contributed by atoms with Gasteiger partial charge in [0, 0.05) is 17.3 Å². The smallest absolute Gasteiger partial charge is 0.208 e. The second kappa shape index (κ2) is 7.80. The fourth-order valence-electron chi connectivity index (χ4n) is 3.15. The molecule has 136 valence electrons. The molecule has 0 aliphatic heterocycles. The first-order valence-corrected chi connectivity index (χ1v) is 9.98. The van der Waals surface area contributed by atoms with Crippen LogP contribution in [0.1, 0.15) is 29.5 Å². The number of nitrogens with one attached hydrogen (secondary N) is 2. The maximum Gasteiger partial charge on any atom is 0.208 e. The Morgan fingerprint density at radius 3 is 2.67 bits per heavy atom. The van der Waals surface area contributed by atoms with E-state index in [1.807, 2.05) is 54.6 Å². The molecule has 0 saturated heterocycles. The molecule has 6 heteroatoms. The molecule has 0 aliphatic carbocycles. The van der Waals surface area contributed by atoms with E-state index in [1.165, 1.54) is 11.8 Å². The monoisotopic (exact) mass is 376 g/mol. The molecule has 0 bridgehead atoms. The van der Waals surface area contributed by atoms with Crippen LogP contribution in [0.15, 0.2) is 59.8 Å². The van der Waals surface area contributed by atoms with Gasteiger partial charge >= 0.3 is 0 Å². The Morgan fingerprint density at radius 1 is 1.07 bits per heavy atom. The predicted molar refractivity (Wildman–Crippen MR) is 109 cm³/mol. The third-order valence-electron chi connectivity index (χ3n) is 4.38. The molecule has 5 nitrogen and oxygen atoms in total. The molecule has 0 amide bonds. The number of aromatic amines is 2. The molecule has 0 radical (unpaired) electrons. The number of thioether (sulfide) groups is 1. The van der Waals surface area contributed by atoms with Gasteiger partial charge in [0.05, 0.1) is 17.0 Å². The van der Waals surface area contributed by atoms with Gasteiger partial charge in [0.15, 0.2) is 5.78 Å². The molecule has 2 heterocycles. The zero-order chi connectivity index (χ0) is 18.6. The second-order valence-corrected chi connectivity index (χ2v) is 7.26. The van der Waals surface area contributed by atoms with Gasteiger partial charge in [0.25, 0.3) is 0 Å². The zero-order valence-corrected chi connectivity index (χ0v) is 15.8. The Morgan fingerprint density at radius 2 is 1.85 bits per heavy atom. The lowest BCUT2D eigenvalue weighted by Gasteiger charge is -2.04. The number of benzene rings is 2. The molecule has 0 saturated carbocycles. The number of carbonyl (C=O) groups is 1. The summed E-state index contributed by atoms with van der Waals surface area (Å²) < 4.78 is 0. The Bertz CT molecular complexity index is 1070. The van der Waals surface area contributed by atoms with E-state index in [4.69, 9.17) is 0 Å². The molecular weight excluding hydrogens is 356 g/mol. The average Bonchev–Trinajstić information content (AvgIpc) is 3.31. The third kappa shape index (κ3) is 3.66. The van der Waals surface area contributed by atoms with Crippen molar-refractivity contribution in [1.82, 2.24) is 20.2 Å². The van der Waals surface area contributed by atoms with E-state index < -0.39 is 0 Å². The summed E-state index contributed by atoms with van der Waals surface area (Å²) in [4.78, 5) is 21.0. The van der Waals surface area contributed by atoms with Crippen LogP contribution >= 0.6 is 11.8 Å². The number of hydrogen-bond acceptors (Lipinski definition) is 4. The largest absolute Gasteiger partial charge is 0.354 e. The number of Topliss-reactive ketones (excluding diaryl/α,β-unsaturated/α-hetero) is 1. The van der Waals surface area contributed by atoms with Gasteiger partial charge in [-0.05, 0) is 18.1 Å². The normalized spacial score (nSPS) is 11.1. The number of aromatic nitrogens is 4. The van der Waals surface area contributed by atoms with Crippen LogP contribution < -0.4 is 0 Å². The lowest BCUT2D eigenvalue weighted by Crippen LogP contribution is -2.04. The molecule has 0 spiro atoms. The van der Waals surface area contributed by atoms with Crippen LogP contribution in [0.4, 0.5) is 0 Å². The summed E-state index contributed by atoms with van der Waals surface area (Å²) in [6.45, 7) is 2.10. The minimum absolute atomic E-state index is 0.0677. The number of carbonyl (C=O) groups excluding carboxylic acids is 1. The van der Waals surface area contributed by atoms with Crippen LogP contribution in [0.2, 0.25) is 0 Å². The van der Waals surface area contributed by atoms with Gasteiger partial charge < -0.3 is 4.98 Å². The lowest BCUT2D eigenvalue weighted by atomic mass is 10.0. The number of hydrogen-bond donors (Lipinski definition) is 2. The zero-order valence-electron chi connectivity index (χ0n) is 15.0. The van der Waals surface area contributed by atoms with Gasteiger partial charge in [0.2, 0.25) is 5.16 Å². The molecule has 0 atom stereocenters. The van der Waals surface area contributed by atoms with Gasteiger partial charge in [-0.1, -0.05) is 67.2 Å². The summed E-state index contributed by atoms with van der Waals surface area (Å²) in [6, 6.07) is 17.9. The number of para-hydroxylation sites is 1. The summed E-state index contributed by atoms with van der Waals surface area (Å²) in [5.41, 5.74) is 3.57. The van der Waals surface area contributed by atoms with E-state index in [0.29, 0.717) is 10.9 Å². The Labute approximate surface area is 161 Å². The summed E-state index contributed by atoms with van der Waals surface area (Å²) in [5.74, 6) is 1.23. The van der Waals surface area contributed by atoms with E-state index in [0.717, 1.165) is 46.4 Å². The number of fused-ring (bicyclic) bond motifs is 1. The minimum Gasteiger partial charge on any atom is -0.354 e. The quantitative estimate of drug-likeness (QED) is 0.356. The predicted octanol–water partition coefficient (Wildman–Crippen LogP) is 4.88. The van der Waals surface area contributed by atoms with Crippen LogP contribution in [0.3, 0.4) is 0 Å². The van der Waals surface area contributed by atoms with Crippen LogP contribution in [0, 0.1) is 0 Å². The Balaban J connectivity index is 1.64. The van der Waals surface area contributed by atoms with Crippen LogP contribution in [-0.2, 0) is 6.42 Å². The molecule has 2 aromatic carbocycles. The molecule has 0 aliphatic rings. The Kier molecular flexibility index (Phi) is 5.07. The first-order valence-electron chi connectivity index (χ1n) is 8.99. The summed E-state index contributed by atoms with van der Waals surface area (Å²) >= 11 is 1.37. The summed E-state index contributed by atoms with van der Waals surface area (Å²) in [5, 5.41) is 8.70.